The summed E-state index contributed by atoms with van der Waals surface area (Å²) in [5.41, 5.74) is 0. The Hall–Kier alpha value is -1.16. The molecule has 0 rings (SSSR count). The van der Waals surface area contributed by atoms with E-state index in [1.54, 1.807) is 0 Å². The Balaban J connectivity index is 3.36. The number of hydrogen-bond donors (Lipinski definition) is 2. The lowest BCUT2D eigenvalue weighted by Gasteiger charge is -2.16. The van der Waals surface area contributed by atoms with E-state index in [1.165, 1.54) is 250 Å². The largest absolute Gasteiger partial charge is 0.394 e. The van der Waals surface area contributed by atoms with Gasteiger partial charge in [-0.05, 0) is 51.4 Å². The smallest absolute Gasteiger partial charge is 0.220 e. The summed E-state index contributed by atoms with van der Waals surface area (Å²) in [7, 11) is 0. The highest BCUT2D eigenvalue weighted by Crippen LogP contribution is 2.17. The average molecular weight is 844 g/mol. The maximum atomic E-state index is 12.4. The van der Waals surface area contributed by atoms with Crippen molar-refractivity contribution in [1.82, 2.24) is 5.32 Å². The average Bonchev–Trinajstić information content (AvgIpc) is 3.25. The Morgan fingerprint density at radius 3 is 0.950 bits per heavy atom. The number of rotatable bonds is 52. The lowest BCUT2D eigenvalue weighted by atomic mass is 10.0. The highest BCUT2D eigenvalue weighted by Gasteiger charge is 2.11. The van der Waals surface area contributed by atoms with Crippen molar-refractivity contribution in [2.24, 2.45) is 0 Å². The molecule has 0 radical (unpaired) electrons. The molecular formula is C56H109NO3. The Morgan fingerprint density at radius 1 is 0.367 bits per heavy atom. The van der Waals surface area contributed by atoms with Crippen LogP contribution in [0.5, 0.6) is 0 Å². The number of unbranched alkanes of at least 4 members (excludes halogenated alkanes) is 40. The summed E-state index contributed by atoms with van der Waals surface area (Å²) in [6.07, 6.45) is 65.9. The second-order valence-electron chi connectivity index (χ2n) is 19.2. The molecule has 0 unspecified atom stereocenters. The first-order chi connectivity index (χ1) is 29.6. The molecule has 0 saturated heterocycles. The molecule has 0 aliphatic rings. The summed E-state index contributed by atoms with van der Waals surface area (Å²) in [6.45, 7) is 4.63. The molecule has 2 N–H and O–H groups in total. The minimum atomic E-state index is -0.0686. The third-order valence-electron chi connectivity index (χ3n) is 13.1. The maximum absolute atomic E-state index is 12.4. The number of allylic oxidation sites excluding steroid dienone is 2. The second kappa shape index (κ2) is 52.2. The molecule has 4 heteroatoms. The van der Waals surface area contributed by atoms with E-state index in [2.05, 4.69) is 31.3 Å². The molecule has 356 valence electrons. The molecule has 0 aromatic heterocycles. The van der Waals surface area contributed by atoms with Gasteiger partial charge in [0.05, 0.1) is 12.6 Å². The fourth-order valence-corrected chi connectivity index (χ4v) is 8.87. The minimum Gasteiger partial charge on any atom is -0.394 e. The van der Waals surface area contributed by atoms with E-state index in [9.17, 15) is 14.7 Å². The molecule has 0 saturated carbocycles. The lowest BCUT2D eigenvalue weighted by molar-refractivity contribution is -0.122. The highest BCUT2D eigenvalue weighted by molar-refractivity contribution is 5.78. The van der Waals surface area contributed by atoms with Crippen LogP contribution in [-0.4, -0.2) is 29.4 Å². The van der Waals surface area contributed by atoms with Gasteiger partial charge in [0.2, 0.25) is 5.91 Å². The number of nitrogens with one attached hydrogen (secondary N) is 1. The number of carbonyl (C=O) groups is 2. The van der Waals surface area contributed by atoms with E-state index in [-0.39, 0.29) is 18.6 Å². The number of carbonyl (C=O) groups excluding carboxylic acids is 2. The number of aliphatic hydroxyl groups is 1. The van der Waals surface area contributed by atoms with Crippen LogP contribution in [0.25, 0.3) is 0 Å². The Bertz CT molecular complexity index is 871. The van der Waals surface area contributed by atoms with Crippen molar-refractivity contribution in [3.05, 3.63) is 12.2 Å². The number of Topliss-reactive ketones (excluding diaryl/α,β-unsaturated/α-hetero) is 1. The number of aliphatic hydroxyl groups excluding tert-OH is 1. The predicted octanol–water partition coefficient (Wildman–Crippen LogP) is 18.4. The zero-order chi connectivity index (χ0) is 43.5. The molecule has 0 aromatic rings. The quantitative estimate of drug-likeness (QED) is 0.0473. The van der Waals surface area contributed by atoms with Crippen LogP contribution in [0.3, 0.4) is 0 Å². The van der Waals surface area contributed by atoms with Gasteiger partial charge in [0.15, 0.2) is 0 Å². The van der Waals surface area contributed by atoms with Crippen molar-refractivity contribution >= 4 is 11.7 Å². The van der Waals surface area contributed by atoms with Gasteiger partial charge >= 0.3 is 0 Å². The second-order valence-corrected chi connectivity index (χ2v) is 19.2. The monoisotopic (exact) mass is 844 g/mol. The van der Waals surface area contributed by atoms with Crippen molar-refractivity contribution in [3.8, 4) is 0 Å². The van der Waals surface area contributed by atoms with E-state index >= 15 is 0 Å². The van der Waals surface area contributed by atoms with Crippen LogP contribution in [-0.2, 0) is 9.59 Å². The highest BCUT2D eigenvalue weighted by atomic mass is 16.3. The first-order valence-corrected chi connectivity index (χ1v) is 27.7. The summed E-state index contributed by atoms with van der Waals surface area (Å²) in [6, 6.07) is -0.0686. The third-order valence-corrected chi connectivity index (χ3v) is 13.1. The normalized spacial score (nSPS) is 12.2. The van der Waals surface area contributed by atoms with E-state index in [4.69, 9.17) is 0 Å². The van der Waals surface area contributed by atoms with Gasteiger partial charge in [-0.25, -0.2) is 0 Å². The van der Waals surface area contributed by atoms with Gasteiger partial charge in [-0.2, -0.15) is 0 Å². The molecule has 1 atom stereocenters. The van der Waals surface area contributed by atoms with Gasteiger partial charge in [-0.1, -0.05) is 264 Å². The molecule has 1 amide bonds. The van der Waals surface area contributed by atoms with Crippen molar-refractivity contribution < 1.29 is 14.7 Å². The van der Waals surface area contributed by atoms with Gasteiger partial charge in [0.1, 0.15) is 5.78 Å². The Labute approximate surface area is 377 Å². The molecule has 0 aliphatic carbocycles. The first-order valence-electron chi connectivity index (χ1n) is 27.7. The van der Waals surface area contributed by atoms with Crippen LogP contribution in [0.1, 0.15) is 322 Å². The van der Waals surface area contributed by atoms with Gasteiger partial charge in [0.25, 0.3) is 0 Å². The summed E-state index contributed by atoms with van der Waals surface area (Å²) in [5, 5.41) is 12.8. The van der Waals surface area contributed by atoms with Crippen molar-refractivity contribution in [1.29, 1.82) is 0 Å². The molecule has 0 aromatic carbocycles. The fourth-order valence-electron chi connectivity index (χ4n) is 8.87. The van der Waals surface area contributed by atoms with Crippen LogP contribution in [0.15, 0.2) is 12.2 Å². The Kier molecular flexibility index (Phi) is 51.2. The van der Waals surface area contributed by atoms with Crippen molar-refractivity contribution in [2.45, 2.75) is 328 Å². The van der Waals surface area contributed by atoms with Gasteiger partial charge in [-0.3, -0.25) is 9.59 Å². The summed E-state index contributed by atoms with van der Waals surface area (Å²) in [5.74, 6) is 0.621. The minimum absolute atomic E-state index is 0.0595. The lowest BCUT2D eigenvalue weighted by Crippen LogP contribution is -2.37. The molecule has 0 heterocycles. The fraction of sp³-hybridized carbons (Fsp3) is 0.929. The van der Waals surface area contributed by atoms with E-state index in [1.807, 2.05) is 0 Å². The first kappa shape index (κ1) is 58.8. The molecule has 60 heavy (non-hydrogen) atoms. The predicted molar refractivity (Wildman–Crippen MR) is 266 cm³/mol. The molecule has 0 spiro atoms. The molecular weight excluding hydrogens is 735 g/mol. The zero-order valence-electron chi connectivity index (χ0n) is 41.1. The van der Waals surface area contributed by atoms with E-state index in [0.717, 1.165) is 51.4 Å². The van der Waals surface area contributed by atoms with Crippen LogP contribution >= 0.6 is 0 Å². The van der Waals surface area contributed by atoms with Gasteiger partial charge in [-0.15, -0.1) is 0 Å². The topological polar surface area (TPSA) is 66.4 Å². The molecule has 0 bridgehead atoms. The number of hydrogen-bond acceptors (Lipinski definition) is 3. The van der Waals surface area contributed by atoms with Crippen molar-refractivity contribution in [2.75, 3.05) is 6.61 Å². The van der Waals surface area contributed by atoms with Crippen molar-refractivity contribution in [3.63, 3.8) is 0 Å². The third kappa shape index (κ3) is 49.5. The van der Waals surface area contributed by atoms with Crippen LogP contribution in [0.2, 0.25) is 0 Å². The number of ketones is 1. The molecule has 0 fully saturated rings. The molecule has 4 nitrogen and oxygen atoms in total. The summed E-state index contributed by atoms with van der Waals surface area (Å²) < 4.78 is 0. The maximum Gasteiger partial charge on any atom is 0.220 e. The Morgan fingerprint density at radius 2 is 0.633 bits per heavy atom. The zero-order valence-corrected chi connectivity index (χ0v) is 41.1. The van der Waals surface area contributed by atoms with Crippen LogP contribution in [0.4, 0.5) is 0 Å². The van der Waals surface area contributed by atoms with Crippen LogP contribution in [0, 0.1) is 0 Å². The SMILES string of the molecule is CCCCCCCC/C=C\CCCCCCCCCCCC(=O)CCCCCCCCCCCCCCCC(=O)N[C@H](CO)CCCCCCCCCCCCCCCC. The van der Waals surface area contributed by atoms with E-state index < -0.39 is 0 Å². The van der Waals surface area contributed by atoms with Crippen LogP contribution < -0.4 is 5.32 Å². The van der Waals surface area contributed by atoms with Gasteiger partial charge in [0, 0.05) is 19.3 Å². The van der Waals surface area contributed by atoms with E-state index in [0.29, 0.717) is 12.2 Å². The summed E-state index contributed by atoms with van der Waals surface area (Å²) in [4.78, 5) is 24.7. The number of amides is 1. The summed E-state index contributed by atoms with van der Waals surface area (Å²) >= 11 is 0. The van der Waals surface area contributed by atoms with Gasteiger partial charge < -0.3 is 10.4 Å². The standard InChI is InChI=1S/C56H109NO3/c1-3-5-7-9-11-13-15-17-19-20-21-22-23-26-30-34-38-42-46-50-55(59)51-47-43-39-35-31-27-24-28-32-36-40-44-48-52-56(60)57-54(53-58)49-45-41-37-33-29-25-18-16-14-12-10-8-6-4-2/h17,19,54,58H,3-16,18,20-53H2,1-2H3,(H,57,60)/b19-17-/t54-/m0/s1. The molecule has 0 aliphatic heterocycles.